The number of aryl methyl sites for hydroxylation is 1. The molecule has 1 amide bonds. The van der Waals surface area contributed by atoms with Crippen LogP contribution in [-0.4, -0.2) is 36.3 Å². The van der Waals surface area contributed by atoms with Gasteiger partial charge in [-0.3, -0.25) is 4.79 Å². The third kappa shape index (κ3) is 4.59. The normalized spacial score (nSPS) is 14.2. The highest BCUT2D eigenvalue weighted by atomic mass is 32.2. The van der Waals surface area contributed by atoms with Crippen LogP contribution in [0.1, 0.15) is 38.4 Å². The van der Waals surface area contributed by atoms with Crippen molar-refractivity contribution in [2.75, 3.05) is 13.1 Å². The van der Waals surface area contributed by atoms with E-state index < -0.39 is 10.0 Å². The zero-order valence-electron chi connectivity index (χ0n) is 19.0. The second-order valence-electron chi connectivity index (χ2n) is 8.39. The van der Waals surface area contributed by atoms with Crippen molar-refractivity contribution in [3.63, 3.8) is 0 Å². The summed E-state index contributed by atoms with van der Waals surface area (Å²) in [4.78, 5) is 13.2. The summed E-state index contributed by atoms with van der Waals surface area (Å²) in [6.45, 7) is 5.48. The van der Waals surface area contributed by atoms with Crippen LogP contribution in [0.15, 0.2) is 59.5 Å². The highest BCUT2D eigenvalue weighted by Crippen LogP contribution is 2.28. The Morgan fingerprint density at radius 2 is 1.76 bits per heavy atom. The third-order valence-electron chi connectivity index (χ3n) is 6.32. The Kier molecular flexibility index (Phi) is 6.69. The number of sulfonamides is 1. The van der Waals surface area contributed by atoms with Crippen molar-refractivity contribution in [1.82, 2.24) is 14.2 Å². The molecule has 8 heteroatoms. The van der Waals surface area contributed by atoms with Gasteiger partial charge < -0.3 is 15.6 Å². The summed E-state index contributed by atoms with van der Waals surface area (Å²) in [5.74, 6) is -0.319. The maximum atomic E-state index is 13.6. The Hall–Kier alpha value is -2.94. The van der Waals surface area contributed by atoms with Crippen molar-refractivity contribution in [2.24, 2.45) is 5.73 Å². The largest absolute Gasteiger partial charge is 0.347 e. The molecule has 3 aromatic rings. The van der Waals surface area contributed by atoms with Crippen molar-refractivity contribution in [3.05, 3.63) is 88.2 Å². The van der Waals surface area contributed by atoms with E-state index >= 15 is 0 Å². The minimum absolute atomic E-state index is 0.163. The predicted molar refractivity (Wildman–Crippen MR) is 128 cm³/mol. The number of hydrogen-bond donors (Lipinski definition) is 2. The van der Waals surface area contributed by atoms with Crippen LogP contribution in [0.5, 0.6) is 0 Å². The summed E-state index contributed by atoms with van der Waals surface area (Å²) in [6.07, 6.45) is 0.668. The first-order valence-corrected chi connectivity index (χ1v) is 12.6. The molecule has 3 N–H and O–H groups in total. The summed E-state index contributed by atoms with van der Waals surface area (Å²) < 4.78 is 30.4. The molecule has 0 saturated heterocycles. The first-order chi connectivity index (χ1) is 15.8. The molecule has 1 aromatic heterocycles. The first kappa shape index (κ1) is 23.2. The Morgan fingerprint density at radius 3 is 2.48 bits per heavy atom. The number of fused-ring (bicyclic) bond motifs is 1. The Labute approximate surface area is 195 Å². The quantitative estimate of drug-likeness (QED) is 0.560. The monoisotopic (exact) mass is 466 g/mol. The van der Waals surface area contributed by atoms with Crippen molar-refractivity contribution in [1.29, 1.82) is 0 Å². The lowest BCUT2D eigenvalue weighted by Crippen LogP contribution is -2.36. The number of carbonyl (C=O) groups excluding carboxylic acids is 1. The zero-order valence-corrected chi connectivity index (χ0v) is 19.9. The van der Waals surface area contributed by atoms with E-state index in [1.54, 1.807) is 11.5 Å². The molecule has 0 aliphatic carbocycles. The van der Waals surface area contributed by atoms with Gasteiger partial charge in [-0.25, -0.2) is 8.42 Å². The van der Waals surface area contributed by atoms with Crippen LogP contribution in [0.3, 0.4) is 0 Å². The van der Waals surface area contributed by atoms with Gasteiger partial charge in [-0.15, -0.1) is 0 Å². The average molecular weight is 467 g/mol. The molecule has 1 aliphatic heterocycles. The van der Waals surface area contributed by atoms with Gasteiger partial charge in [0.25, 0.3) is 5.91 Å². The molecule has 0 atom stereocenters. The minimum atomic E-state index is -3.77. The number of nitrogens with one attached hydrogen (secondary N) is 1. The molecule has 7 nitrogen and oxygen atoms in total. The van der Waals surface area contributed by atoms with Crippen LogP contribution in [0, 0.1) is 13.8 Å². The lowest BCUT2D eigenvalue weighted by Gasteiger charge is -2.28. The summed E-state index contributed by atoms with van der Waals surface area (Å²) in [5, 5.41) is 2.93. The first-order valence-electron chi connectivity index (χ1n) is 11.1. The smallest absolute Gasteiger partial charge is 0.268 e. The molecule has 4 rings (SSSR count). The van der Waals surface area contributed by atoms with Crippen LogP contribution < -0.4 is 11.1 Å². The summed E-state index contributed by atoms with van der Waals surface area (Å²) in [5.41, 5.74) is 10.9. The zero-order chi connectivity index (χ0) is 23.6. The number of hydrogen-bond acceptors (Lipinski definition) is 4. The van der Waals surface area contributed by atoms with Crippen molar-refractivity contribution < 1.29 is 13.2 Å². The number of nitrogens with zero attached hydrogens (tertiary/aromatic N) is 2. The van der Waals surface area contributed by atoms with Gasteiger partial charge in [-0.1, -0.05) is 48.5 Å². The third-order valence-corrected chi connectivity index (χ3v) is 8.28. The minimum Gasteiger partial charge on any atom is -0.347 e. The van der Waals surface area contributed by atoms with Gasteiger partial charge in [0, 0.05) is 38.4 Å². The maximum absolute atomic E-state index is 13.6. The van der Waals surface area contributed by atoms with Gasteiger partial charge in [-0.05, 0) is 48.6 Å². The molecule has 0 unspecified atom stereocenters. The van der Waals surface area contributed by atoms with E-state index in [9.17, 15) is 13.2 Å². The molecule has 0 spiro atoms. The highest BCUT2D eigenvalue weighted by molar-refractivity contribution is 7.89. The number of benzene rings is 2. The van der Waals surface area contributed by atoms with Gasteiger partial charge in [0.15, 0.2) is 0 Å². The molecule has 2 heterocycles. The molecule has 2 aromatic carbocycles. The Morgan fingerprint density at radius 1 is 1.06 bits per heavy atom. The van der Waals surface area contributed by atoms with Crippen molar-refractivity contribution in [2.45, 2.75) is 44.8 Å². The second kappa shape index (κ2) is 9.51. The van der Waals surface area contributed by atoms with Crippen LogP contribution in [0.4, 0.5) is 0 Å². The lowest BCUT2D eigenvalue weighted by molar-refractivity contribution is 0.0941. The Balaban J connectivity index is 1.62. The SMILES string of the molecule is Cc1ccccc1CNC(=O)c1cc(S(=O)(=O)N2CCc3ccccc3C2)c(C)n1CCN. The van der Waals surface area contributed by atoms with Gasteiger partial charge in [0.2, 0.25) is 10.0 Å². The van der Waals surface area contributed by atoms with E-state index in [1.807, 2.05) is 55.5 Å². The second-order valence-corrected chi connectivity index (χ2v) is 10.3. The van der Waals surface area contributed by atoms with E-state index in [0.717, 1.165) is 16.7 Å². The number of nitrogens with two attached hydrogens (primary N) is 1. The molecule has 174 valence electrons. The number of aromatic nitrogens is 1. The molecule has 0 radical (unpaired) electrons. The highest BCUT2D eigenvalue weighted by Gasteiger charge is 2.32. The Bertz CT molecular complexity index is 1280. The topological polar surface area (TPSA) is 97.4 Å². The van der Waals surface area contributed by atoms with Crippen LogP contribution in [-0.2, 0) is 36.1 Å². The molecule has 0 saturated carbocycles. The van der Waals surface area contributed by atoms with E-state index in [0.29, 0.717) is 50.5 Å². The van der Waals surface area contributed by atoms with Crippen LogP contribution >= 0.6 is 0 Å². The van der Waals surface area contributed by atoms with Gasteiger partial charge >= 0.3 is 0 Å². The molecule has 0 fully saturated rings. The fourth-order valence-corrected chi connectivity index (χ4v) is 6.04. The van der Waals surface area contributed by atoms with E-state index in [1.165, 1.54) is 15.9 Å². The van der Waals surface area contributed by atoms with Gasteiger partial charge in [-0.2, -0.15) is 4.31 Å². The van der Waals surface area contributed by atoms with Crippen LogP contribution in [0.25, 0.3) is 0 Å². The molecular weight excluding hydrogens is 436 g/mol. The standard InChI is InChI=1S/C25H30N4O3S/c1-18-7-3-4-9-21(18)16-27-25(30)23-15-24(19(2)29(23)14-12-26)33(31,32)28-13-11-20-8-5-6-10-22(20)17-28/h3-10,15H,11-14,16-17,26H2,1-2H3,(H,27,30). The summed E-state index contributed by atoms with van der Waals surface area (Å²) >= 11 is 0. The molecule has 0 bridgehead atoms. The van der Waals surface area contributed by atoms with E-state index in [-0.39, 0.29) is 10.8 Å². The van der Waals surface area contributed by atoms with E-state index in [4.69, 9.17) is 5.73 Å². The predicted octanol–water partition coefficient (Wildman–Crippen LogP) is 2.74. The molecular formula is C25H30N4O3S. The van der Waals surface area contributed by atoms with Crippen molar-refractivity contribution in [3.8, 4) is 0 Å². The van der Waals surface area contributed by atoms with Crippen molar-refractivity contribution >= 4 is 15.9 Å². The maximum Gasteiger partial charge on any atom is 0.268 e. The summed E-state index contributed by atoms with van der Waals surface area (Å²) in [6, 6.07) is 17.2. The number of rotatable bonds is 7. The number of amides is 1. The average Bonchev–Trinajstić information content (AvgIpc) is 3.15. The van der Waals surface area contributed by atoms with E-state index in [2.05, 4.69) is 5.32 Å². The fraction of sp³-hybridized carbons (Fsp3) is 0.320. The molecule has 1 aliphatic rings. The van der Waals surface area contributed by atoms with Crippen LogP contribution in [0.2, 0.25) is 0 Å². The number of carbonyl (C=O) groups is 1. The van der Waals surface area contributed by atoms with Gasteiger partial charge in [0.1, 0.15) is 10.6 Å². The molecule has 33 heavy (non-hydrogen) atoms. The van der Waals surface area contributed by atoms with Gasteiger partial charge in [0.05, 0.1) is 0 Å². The summed E-state index contributed by atoms with van der Waals surface area (Å²) in [7, 11) is -3.77. The lowest BCUT2D eigenvalue weighted by atomic mass is 10.0. The fourth-order valence-electron chi connectivity index (χ4n) is 4.38.